The van der Waals surface area contributed by atoms with Crippen molar-refractivity contribution in [1.29, 1.82) is 0 Å². The summed E-state index contributed by atoms with van der Waals surface area (Å²) in [6.45, 7) is 10.3. The predicted molar refractivity (Wildman–Crippen MR) is 116 cm³/mol. The number of tetrazole rings is 1. The topological polar surface area (TPSA) is 92.8 Å². The lowest BCUT2D eigenvalue weighted by Crippen LogP contribution is -2.44. The van der Waals surface area contributed by atoms with Crippen LogP contribution in [-0.4, -0.2) is 38.2 Å². The fourth-order valence-electron chi connectivity index (χ4n) is 3.19. The highest BCUT2D eigenvalue weighted by Gasteiger charge is 2.27. The van der Waals surface area contributed by atoms with E-state index in [0.717, 1.165) is 22.3 Å². The molecule has 0 saturated heterocycles. The molecule has 7 heteroatoms. The van der Waals surface area contributed by atoms with Crippen LogP contribution in [0.4, 0.5) is 0 Å². The van der Waals surface area contributed by atoms with Gasteiger partial charge in [0.25, 0.3) is 0 Å². The van der Waals surface area contributed by atoms with Crippen LogP contribution in [0.1, 0.15) is 40.2 Å². The van der Waals surface area contributed by atoms with Crippen molar-refractivity contribution >= 4 is 5.97 Å². The number of hydrogen-bond donors (Lipinski definition) is 2. The van der Waals surface area contributed by atoms with Crippen molar-refractivity contribution in [1.82, 2.24) is 25.9 Å². The highest BCUT2D eigenvalue weighted by molar-refractivity contribution is 5.80. The molecule has 158 valence electrons. The maximum Gasteiger partial charge on any atom is 0.323 e. The number of aromatic nitrogens is 4. The van der Waals surface area contributed by atoms with Gasteiger partial charge in [0, 0.05) is 12.1 Å². The molecule has 30 heavy (non-hydrogen) atoms. The fourth-order valence-corrected chi connectivity index (χ4v) is 3.19. The van der Waals surface area contributed by atoms with E-state index in [1.54, 1.807) is 0 Å². The number of ether oxygens (including phenoxy) is 1. The first kappa shape index (κ1) is 21.6. The van der Waals surface area contributed by atoms with E-state index in [0.29, 0.717) is 12.4 Å². The molecule has 0 aliphatic rings. The second-order valence-corrected chi connectivity index (χ2v) is 8.61. The zero-order valence-electron chi connectivity index (χ0n) is 18.1. The van der Waals surface area contributed by atoms with Gasteiger partial charge in [0.1, 0.15) is 11.6 Å². The maximum absolute atomic E-state index is 12.5. The SMILES string of the molecule is CC(C)C(NCc1ccc(-c2ccccc2-c2nn[nH]n2)cc1)C(=O)OC(C)(C)C. The average Bonchev–Trinajstić information content (AvgIpc) is 3.22. The van der Waals surface area contributed by atoms with Crippen molar-refractivity contribution in [2.45, 2.75) is 52.8 Å². The zero-order valence-corrected chi connectivity index (χ0v) is 18.1. The van der Waals surface area contributed by atoms with Crippen LogP contribution in [0.15, 0.2) is 48.5 Å². The lowest BCUT2D eigenvalue weighted by atomic mass is 9.98. The standard InChI is InChI=1S/C23H29N5O2/c1-15(2)20(22(29)30-23(3,4)5)24-14-16-10-12-17(13-11-16)18-8-6-7-9-19(18)21-25-27-28-26-21/h6-13,15,20,24H,14H2,1-5H3,(H,25,26,27,28). The molecule has 1 heterocycles. The molecular weight excluding hydrogens is 378 g/mol. The van der Waals surface area contributed by atoms with Crippen LogP contribution < -0.4 is 5.32 Å². The number of H-pyrrole nitrogens is 1. The Bertz CT molecular complexity index is 960. The number of rotatable bonds is 7. The molecule has 0 radical (unpaired) electrons. The van der Waals surface area contributed by atoms with Crippen LogP contribution in [0, 0.1) is 5.92 Å². The quantitative estimate of drug-likeness (QED) is 0.575. The Hall–Kier alpha value is -3.06. The van der Waals surface area contributed by atoms with Crippen LogP contribution in [0.2, 0.25) is 0 Å². The number of nitrogens with one attached hydrogen (secondary N) is 2. The summed E-state index contributed by atoms with van der Waals surface area (Å²) in [5, 5.41) is 17.7. The molecule has 1 unspecified atom stereocenters. The van der Waals surface area contributed by atoms with Gasteiger partial charge in [0.05, 0.1) is 0 Å². The zero-order chi connectivity index (χ0) is 21.7. The average molecular weight is 408 g/mol. The molecule has 0 spiro atoms. The largest absolute Gasteiger partial charge is 0.459 e. The normalized spacial score (nSPS) is 12.7. The smallest absolute Gasteiger partial charge is 0.323 e. The van der Waals surface area contributed by atoms with Gasteiger partial charge >= 0.3 is 5.97 Å². The number of carbonyl (C=O) groups excluding carboxylic acids is 1. The molecule has 0 fully saturated rings. The van der Waals surface area contributed by atoms with Crippen molar-refractivity contribution in [3.63, 3.8) is 0 Å². The molecule has 0 bridgehead atoms. The Kier molecular flexibility index (Phi) is 6.62. The Labute approximate surface area is 177 Å². The number of hydrogen-bond acceptors (Lipinski definition) is 6. The third kappa shape index (κ3) is 5.51. The second-order valence-electron chi connectivity index (χ2n) is 8.61. The molecule has 0 saturated carbocycles. The summed E-state index contributed by atoms with van der Waals surface area (Å²) in [6, 6.07) is 15.8. The van der Waals surface area contributed by atoms with Gasteiger partial charge in [-0.1, -0.05) is 62.4 Å². The second kappa shape index (κ2) is 9.17. The number of esters is 1. The van der Waals surface area contributed by atoms with Gasteiger partial charge in [-0.05, 0) is 48.6 Å². The molecule has 2 aromatic carbocycles. The van der Waals surface area contributed by atoms with Crippen LogP contribution in [0.3, 0.4) is 0 Å². The molecule has 3 rings (SSSR count). The van der Waals surface area contributed by atoms with Crippen LogP contribution in [0.25, 0.3) is 22.5 Å². The minimum atomic E-state index is -0.500. The molecular formula is C23H29N5O2. The summed E-state index contributed by atoms with van der Waals surface area (Å²) < 4.78 is 5.55. The van der Waals surface area contributed by atoms with Crippen molar-refractivity contribution < 1.29 is 9.53 Å². The van der Waals surface area contributed by atoms with Gasteiger partial charge in [-0.2, -0.15) is 5.21 Å². The fraction of sp³-hybridized carbons (Fsp3) is 0.391. The molecule has 1 aromatic heterocycles. The highest BCUT2D eigenvalue weighted by Crippen LogP contribution is 2.29. The lowest BCUT2D eigenvalue weighted by molar-refractivity contribution is -0.158. The molecule has 1 atom stereocenters. The molecule has 3 aromatic rings. The van der Waals surface area contributed by atoms with Crippen LogP contribution in [0.5, 0.6) is 0 Å². The predicted octanol–water partition coefficient (Wildman–Crippen LogP) is 3.99. The van der Waals surface area contributed by atoms with Gasteiger partial charge in [0.15, 0.2) is 0 Å². The molecule has 2 N–H and O–H groups in total. The molecule has 0 aliphatic carbocycles. The molecule has 7 nitrogen and oxygen atoms in total. The summed E-state index contributed by atoms with van der Waals surface area (Å²) in [7, 11) is 0. The van der Waals surface area contributed by atoms with E-state index in [2.05, 4.69) is 50.2 Å². The Morgan fingerprint density at radius 3 is 2.30 bits per heavy atom. The lowest BCUT2D eigenvalue weighted by Gasteiger charge is -2.26. The first-order valence-corrected chi connectivity index (χ1v) is 10.1. The van der Waals surface area contributed by atoms with E-state index >= 15 is 0 Å². The van der Waals surface area contributed by atoms with Crippen molar-refractivity contribution in [3.05, 3.63) is 54.1 Å². The monoisotopic (exact) mass is 407 g/mol. The third-order valence-electron chi connectivity index (χ3n) is 4.63. The van der Waals surface area contributed by atoms with E-state index in [4.69, 9.17) is 4.74 Å². The summed E-state index contributed by atoms with van der Waals surface area (Å²) >= 11 is 0. The van der Waals surface area contributed by atoms with Crippen molar-refractivity contribution in [3.8, 4) is 22.5 Å². The number of carbonyl (C=O) groups is 1. The van der Waals surface area contributed by atoms with Gasteiger partial charge in [-0.3, -0.25) is 4.79 Å². The first-order valence-electron chi connectivity index (χ1n) is 10.1. The highest BCUT2D eigenvalue weighted by atomic mass is 16.6. The minimum absolute atomic E-state index is 0.126. The summed E-state index contributed by atoms with van der Waals surface area (Å²) in [5.41, 5.74) is 3.60. The summed E-state index contributed by atoms with van der Waals surface area (Å²) in [4.78, 5) is 12.5. The summed E-state index contributed by atoms with van der Waals surface area (Å²) in [6.07, 6.45) is 0. The van der Waals surface area contributed by atoms with E-state index in [-0.39, 0.29) is 17.9 Å². The summed E-state index contributed by atoms with van der Waals surface area (Å²) in [5.74, 6) is 0.470. The number of nitrogens with zero attached hydrogens (tertiary/aromatic N) is 3. The van der Waals surface area contributed by atoms with Crippen molar-refractivity contribution in [2.24, 2.45) is 5.92 Å². The number of benzene rings is 2. The Morgan fingerprint density at radius 1 is 1.07 bits per heavy atom. The molecule has 0 amide bonds. The van der Waals surface area contributed by atoms with Crippen LogP contribution in [-0.2, 0) is 16.1 Å². The van der Waals surface area contributed by atoms with Crippen molar-refractivity contribution in [2.75, 3.05) is 0 Å². The Balaban J connectivity index is 1.72. The van der Waals surface area contributed by atoms with Gasteiger partial charge in [-0.25, -0.2) is 0 Å². The number of aromatic amines is 1. The van der Waals surface area contributed by atoms with Gasteiger partial charge in [-0.15, -0.1) is 10.2 Å². The van der Waals surface area contributed by atoms with E-state index < -0.39 is 5.60 Å². The van der Waals surface area contributed by atoms with Crippen LogP contribution >= 0.6 is 0 Å². The van der Waals surface area contributed by atoms with Gasteiger partial charge < -0.3 is 10.1 Å². The maximum atomic E-state index is 12.5. The van der Waals surface area contributed by atoms with E-state index in [9.17, 15) is 4.79 Å². The Morgan fingerprint density at radius 2 is 1.73 bits per heavy atom. The molecule has 0 aliphatic heterocycles. The minimum Gasteiger partial charge on any atom is -0.459 e. The van der Waals surface area contributed by atoms with E-state index in [1.807, 2.05) is 58.9 Å². The third-order valence-corrected chi connectivity index (χ3v) is 4.63. The van der Waals surface area contributed by atoms with Gasteiger partial charge in [0.2, 0.25) is 5.82 Å². The first-order chi connectivity index (χ1) is 14.2. The van der Waals surface area contributed by atoms with E-state index in [1.165, 1.54) is 0 Å².